The van der Waals surface area contributed by atoms with Gasteiger partial charge in [-0.2, -0.15) is 0 Å². The number of esters is 1. The van der Waals surface area contributed by atoms with Crippen LogP contribution in [0, 0.1) is 0 Å². The molecule has 138 valence electrons. The highest BCUT2D eigenvalue weighted by Gasteiger charge is 2.35. The molecule has 2 aliphatic rings. The van der Waals surface area contributed by atoms with E-state index in [0.29, 0.717) is 13.0 Å². The average Bonchev–Trinajstić information content (AvgIpc) is 3.31. The van der Waals surface area contributed by atoms with Gasteiger partial charge in [0.1, 0.15) is 6.04 Å². The van der Waals surface area contributed by atoms with Crippen LogP contribution in [0.2, 0.25) is 0 Å². The van der Waals surface area contributed by atoms with E-state index in [1.165, 1.54) is 0 Å². The summed E-state index contributed by atoms with van der Waals surface area (Å²) in [4.78, 5) is 16.0. The van der Waals surface area contributed by atoms with E-state index in [4.69, 9.17) is 14.2 Å². The summed E-state index contributed by atoms with van der Waals surface area (Å²) in [6.07, 6.45) is 0.596. The summed E-state index contributed by atoms with van der Waals surface area (Å²) in [5.41, 5.74) is 4.32. The van der Waals surface area contributed by atoms with E-state index in [9.17, 15) is 4.79 Å². The van der Waals surface area contributed by atoms with Crippen LogP contribution in [0.4, 0.5) is 0 Å². The zero-order valence-corrected chi connectivity index (χ0v) is 15.0. The van der Waals surface area contributed by atoms with Crippen molar-refractivity contribution in [3.05, 3.63) is 59.3 Å². The summed E-state index contributed by atoms with van der Waals surface area (Å²) in [7, 11) is 0. The molecule has 2 aromatic carbocycles. The maximum atomic E-state index is 12.5. The highest BCUT2D eigenvalue weighted by Crippen LogP contribution is 2.39. The van der Waals surface area contributed by atoms with Crippen LogP contribution >= 0.6 is 0 Å². The Labute approximate surface area is 156 Å². The second-order valence-electron chi connectivity index (χ2n) is 6.78. The van der Waals surface area contributed by atoms with E-state index < -0.39 is 6.04 Å². The van der Waals surface area contributed by atoms with Crippen LogP contribution in [0.3, 0.4) is 0 Å². The lowest BCUT2D eigenvalue weighted by atomic mass is 9.90. The van der Waals surface area contributed by atoms with Crippen LogP contribution in [-0.4, -0.2) is 30.4 Å². The number of hydrogen-bond donors (Lipinski definition) is 2. The van der Waals surface area contributed by atoms with Crippen LogP contribution in [-0.2, 0) is 16.0 Å². The highest BCUT2D eigenvalue weighted by atomic mass is 16.7. The van der Waals surface area contributed by atoms with Crippen molar-refractivity contribution in [2.45, 2.75) is 25.4 Å². The standard InChI is InChI=1S/C21H20N2O4/c1-2-25-21(24)16-10-14-13-5-3-4-6-15(13)22-20(14)19(23-16)12-7-8-17-18(9-12)27-11-26-17/h3-9,16,19,22-23H,2,10-11H2,1H3/t16-,19+/m1/s1. The fourth-order valence-corrected chi connectivity index (χ4v) is 3.98. The van der Waals surface area contributed by atoms with Crippen molar-refractivity contribution in [1.82, 2.24) is 10.3 Å². The molecule has 3 aromatic rings. The van der Waals surface area contributed by atoms with Gasteiger partial charge in [-0.15, -0.1) is 0 Å². The summed E-state index contributed by atoms with van der Waals surface area (Å²) < 4.78 is 16.2. The van der Waals surface area contributed by atoms with Crippen molar-refractivity contribution in [2.24, 2.45) is 0 Å². The third kappa shape index (κ3) is 2.64. The SMILES string of the molecule is CCOC(=O)[C@H]1Cc2c([nH]c3ccccc23)[C@H](c2ccc3c(c2)OCO3)N1. The van der Waals surface area contributed by atoms with E-state index in [2.05, 4.69) is 22.4 Å². The second kappa shape index (κ2) is 6.32. The Kier molecular flexibility index (Phi) is 3.79. The Morgan fingerprint density at radius 1 is 1.19 bits per heavy atom. The second-order valence-corrected chi connectivity index (χ2v) is 6.78. The maximum Gasteiger partial charge on any atom is 0.323 e. The molecule has 6 nitrogen and oxygen atoms in total. The predicted octanol–water partition coefficient (Wildman–Crippen LogP) is 3.06. The van der Waals surface area contributed by atoms with Gasteiger partial charge >= 0.3 is 5.97 Å². The molecule has 0 fully saturated rings. The van der Waals surface area contributed by atoms with Crippen molar-refractivity contribution in [3.63, 3.8) is 0 Å². The van der Waals surface area contributed by atoms with Gasteiger partial charge in [0.25, 0.3) is 0 Å². The summed E-state index contributed by atoms with van der Waals surface area (Å²) >= 11 is 0. The van der Waals surface area contributed by atoms with Crippen LogP contribution < -0.4 is 14.8 Å². The molecule has 5 rings (SSSR count). The van der Waals surface area contributed by atoms with Crippen LogP contribution in [0.5, 0.6) is 11.5 Å². The molecule has 2 atom stereocenters. The number of fused-ring (bicyclic) bond motifs is 4. The van der Waals surface area contributed by atoms with Gasteiger partial charge < -0.3 is 19.2 Å². The number of nitrogens with one attached hydrogen (secondary N) is 2. The normalized spacial score (nSPS) is 20.5. The van der Waals surface area contributed by atoms with Gasteiger partial charge in [0.2, 0.25) is 6.79 Å². The molecule has 0 radical (unpaired) electrons. The third-order valence-electron chi connectivity index (χ3n) is 5.21. The lowest BCUT2D eigenvalue weighted by molar-refractivity contribution is -0.146. The number of carbonyl (C=O) groups excluding carboxylic acids is 1. The minimum absolute atomic E-state index is 0.162. The number of para-hydroxylation sites is 1. The molecule has 1 aromatic heterocycles. The van der Waals surface area contributed by atoms with Crippen LogP contribution in [0.15, 0.2) is 42.5 Å². The van der Waals surface area contributed by atoms with Crippen molar-refractivity contribution in [1.29, 1.82) is 0 Å². The fourth-order valence-electron chi connectivity index (χ4n) is 3.98. The number of aromatic nitrogens is 1. The molecule has 0 spiro atoms. The first kappa shape index (κ1) is 16.2. The van der Waals surface area contributed by atoms with Crippen molar-refractivity contribution in [3.8, 4) is 11.5 Å². The van der Waals surface area contributed by atoms with Gasteiger partial charge in [-0.3, -0.25) is 10.1 Å². The quantitative estimate of drug-likeness (QED) is 0.699. The Bertz CT molecular complexity index is 1030. The molecule has 2 N–H and O–H groups in total. The minimum atomic E-state index is -0.396. The first-order valence-electron chi connectivity index (χ1n) is 9.16. The summed E-state index contributed by atoms with van der Waals surface area (Å²) in [6.45, 7) is 2.43. The van der Waals surface area contributed by atoms with E-state index in [1.54, 1.807) is 0 Å². The number of carbonyl (C=O) groups is 1. The van der Waals surface area contributed by atoms with E-state index in [-0.39, 0.29) is 18.8 Å². The van der Waals surface area contributed by atoms with Gasteiger partial charge in [0.15, 0.2) is 11.5 Å². The number of H-pyrrole nitrogens is 1. The van der Waals surface area contributed by atoms with Gasteiger partial charge in [-0.05, 0) is 36.2 Å². The molecule has 0 aliphatic carbocycles. The highest BCUT2D eigenvalue weighted by molar-refractivity contribution is 5.87. The van der Waals surface area contributed by atoms with Crippen molar-refractivity contribution < 1.29 is 19.0 Å². The molecule has 2 aliphatic heterocycles. The number of ether oxygens (including phenoxy) is 3. The number of rotatable bonds is 3. The summed E-state index contributed by atoms with van der Waals surface area (Å²) in [5, 5.41) is 4.61. The molecule has 0 saturated heterocycles. The molecular weight excluding hydrogens is 344 g/mol. The lowest BCUT2D eigenvalue weighted by Gasteiger charge is -2.30. The Morgan fingerprint density at radius 3 is 2.93 bits per heavy atom. The molecule has 27 heavy (non-hydrogen) atoms. The molecule has 3 heterocycles. The minimum Gasteiger partial charge on any atom is -0.465 e. The Balaban J connectivity index is 1.62. The first-order valence-corrected chi connectivity index (χ1v) is 9.16. The fraction of sp³-hybridized carbons (Fsp3) is 0.286. The zero-order valence-electron chi connectivity index (χ0n) is 15.0. The Hall–Kier alpha value is -2.99. The van der Waals surface area contributed by atoms with E-state index in [0.717, 1.165) is 39.2 Å². The molecular formula is C21H20N2O4. The molecule has 0 saturated carbocycles. The number of benzene rings is 2. The van der Waals surface area contributed by atoms with Crippen LogP contribution in [0.25, 0.3) is 10.9 Å². The molecule has 6 heteroatoms. The van der Waals surface area contributed by atoms with Gasteiger partial charge in [-0.1, -0.05) is 24.3 Å². The van der Waals surface area contributed by atoms with Crippen LogP contribution in [0.1, 0.15) is 29.8 Å². The smallest absolute Gasteiger partial charge is 0.323 e. The van der Waals surface area contributed by atoms with E-state index in [1.807, 2.05) is 37.3 Å². The zero-order chi connectivity index (χ0) is 18.4. The van der Waals surface area contributed by atoms with Gasteiger partial charge in [-0.25, -0.2) is 0 Å². The number of hydrogen-bond acceptors (Lipinski definition) is 5. The summed E-state index contributed by atoms with van der Waals surface area (Å²) in [6, 6.07) is 13.5. The molecule has 0 amide bonds. The number of aromatic amines is 1. The monoisotopic (exact) mass is 364 g/mol. The topological polar surface area (TPSA) is 72.6 Å². The maximum absolute atomic E-state index is 12.5. The van der Waals surface area contributed by atoms with Gasteiger partial charge in [0.05, 0.1) is 12.6 Å². The molecule has 0 bridgehead atoms. The predicted molar refractivity (Wildman–Crippen MR) is 100.0 cm³/mol. The largest absolute Gasteiger partial charge is 0.465 e. The summed E-state index contributed by atoms with van der Waals surface area (Å²) in [5.74, 6) is 1.25. The van der Waals surface area contributed by atoms with Crippen molar-refractivity contribution in [2.75, 3.05) is 13.4 Å². The average molecular weight is 364 g/mol. The van der Waals surface area contributed by atoms with E-state index >= 15 is 0 Å². The van der Waals surface area contributed by atoms with Crippen molar-refractivity contribution >= 4 is 16.9 Å². The molecule has 0 unspecified atom stereocenters. The first-order chi connectivity index (χ1) is 13.2. The van der Waals surface area contributed by atoms with Gasteiger partial charge in [0, 0.05) is 23.0 Å². The lowest BCUT2D eigenvalue weighted by Crippen LogP contribution is -2.45. The third-order valence-corrected chi connectivity index (χ3v) is 5.21. The Morgan fingerprint density at radius 2 is 2.04 bits per heavy atom.